The van der Waals surface area contributed by atoms with E-state index in [0.717, 1.165) is 19.3 Å². The van der Waals surface area contributed by atoms with Crippen LogP contribution in [0.1, 0.15) is 19.3 Å². The summed E-state index contributed by atoms with van der Waals surface area (Å²) in [5.74, 6) is 0. The first-order valence-electron chi connectivity index (χ1n) is 2.89. The zero-order chi connectivity index (χ0) is 5.98. The molecule has 1 rings (SSSR count). The van der Waals surface area contributed by atoms with Gasteiger partial charge in [0.15, 0.2) is 0 Å². The van der Waals surface area contributed by atoms with Crippen molar-refractivity contribution < 1.29 is 5.11 Å². The van der Waals surface area contributed by atoms with Gasteiger partial charge in [-0.3, -0.25) is 0 Å². The maximum Gasteiger partial charge on any atom is 0.0705 e. The van der Waals surface area contributed by atoms with Gasteiger partial charge in [0.1, 0.15) is 0 Å². The number of hydrogen-bond donors (Lipinski definition) is 2. The molecule has 48 valence electrons. The van der Waals surface area contributed by atoms with E-state index < -0.39 is 0 Å². The van der Waals surface area contributed by atoms with Gasteiger partial charge in [-0.2, -0.15) is 0 Å². The van der Waals surface area contributed by atoms with E-state index in [4.69, 9.17) is 16.9 Å². The van der Waals surface area contributed by atoms with Crippen LogP contribution in [-0.4, -0.2) is 17.3 Å². The summed E-state index contributed by atoms with van der Waals surface area (Å²) in [6.45, 7) is 0. The maximum absolute atomic E-state index is 9.04. The molecule has 0 unspecified atom stereocenters. The van der Waals surface area contributed by atoms with Crippen LogP contribution in [0.25, 0.3) is 0 Å². The summed E-state index contributed by atoms with van der Waals surface area (Å²) in [7, 11) is 0. The van der Waals surface area contributed by atoms with E-state index in [0.29, 0.717) is 0 Å². The largest absolute Gasteiger partial charge is 0.391 e. The lowest BCUT2D eigenvalue weighted by Crippen LogP contribution is -2.28. The second-order valence-electron chi connectivity index (χ2n) is 2.21. The molecule has 0 radical (unpaired) electrons. The Morgan fingerprint density at radius 2 is 2.25 bits per heavy atom. The molecular weight excluding hydrogens is 126 g/mol. The average molecular weight is 136 g/mol. The highest BCUT2D eigenvalue weighted by Crippen LogP contribution is 2.18. The van der Waals surface area contributed by atoms with Crippen molar-refractivity contribution in [3.63, 3.8) is 0 Å². The molecule has 8 heavy (non-hydrogen) atoms. The molecule has 0 aromatic carbocycles. The molecule has 2 nitrogen and oxygen atoms in total. The lowest BCUT2D eigenvalue weighted by molar-refractivity contribution is 0.159. The van der Waals surface area contributed by atoms with Crippen molar-refractivity contribution in [2.75, 3.05) is 0 Å². The van der Waals surface area contributed by atoms with Crippen LogP contribution in [0.15, 0.2) is 0 Å². The third-order valence-corrected chi connectivity index (χ3v) is 1.90. The zero-order valence-electron chi connectivity index (χ0n) is 4.60. The second-order valence-corrected chi connectivity index (χ2v) is 2.43. The molecule has 2 N–H and O–H groups in total. The van der Waals surface area contributed by atoms with E-state index in [9.17, 15) is 0 Å². The van der Waals surface area contributed by atoms with Gasteiger partial charge in [-0.1, -0.05) is 0 Å². The van der Waals surface area contributed by atoms with E-state index >= 15 is 0 Å². The topological polar surface area (TPSA) is 32.3 Å². The zero-order valence-corrected chi connectivity index (χ0v) is 5.36. The molecule has 2 atom stereocenters. The smallest absolute Gasteiger partial charge is 0.0705 e. The Kier molecular flexibility index (Phi) is 2.11. The van der Waals surface area contributed by atoms with E-state index in [1.807, 2.05) is 0 Å². The van der Waals surface area contributed by atoms with Crippen molar-refractivity contribution in [2.45, 2.75) is 31.4 Å². The number of rotatable bonds is 1. The van der Waals surface area contributed by atoms with E-state index in [-0.39, 0.29) is 12.1 Å². The van der Waals surface area contributed by atoms with Gasteiger partial charge in [0.05, 0.1) is 6.10 Å². The van der Waals surface area contributed by atoms with Crippen molar-refractivity contribution in [2.24, 2.45) is 0 Å². The fourth-order valence-corrected chi connectivity index (χ4v) is 1.32. The number of hydrogen-bond acceptors (Lipinski definition) is 2. The van der Waals surface area contributed by atoms with Gasteiger partial charge < -0.3 is 5.11 Å². The van der Waals surface area contributed by atoms with Crippen molar-refractivity contribution in [3.05, 3.63) is 0 Å². The molecule has 0 aromatic heterocycles. The van der Waals surface area contributed by atoms with E-state index in [1.165, 1.54) is 0 Å². The van der Waals surface area contributed by atoms with Crippen molar-refractivity contribution in [1.29, 1.82) is 0 Å². The molecule has 1 aliphatic carbocycles. The minimum absolute atomic E-state index is 0.136. The minimum Gasteiger partial charge on any atom is -0.391 e. The monoisotopic (exact) mass is 135 g/mol. The Balaban J connectivity index is 2.30. The van der Waals surface area contributed by atoms with Gasteiger partial charge in [0.25, 0.3) is 0 Å². The Morgan fingerprint density at radius 3 is 2.50 bits per heavy atom. The van der Waals surface area contributed by atoms with Gasteiger partial charge >= 0.3 is 0 Å². The van der Waals surface area contributed by atoms with Gasteiger partial charge in [0, 0.05) is 6.04 Å². The molecule has 1 fully saturated rings. The fraction of sp³-hybridized carbons (Fsp3) is 1.00. The lowest BCUT2D eigenvalue weighted by atomic mass is 10.2. The Labute approximate surface area is 54.0 Å². The standard InChI is InChI=1S/C5H10ClNO/c6-7-4-2-1-3-5(4)8/h4-5,7-8H,1-3H2/t4-,5+/m0/s1. The first-order valence-corrected chi connectivity index (χ1v) is 3.26. The summed E-state index contributed by atoms with van der Waals surface area (Å²) in [4.78, 5) is 2.54. The van der Waals surface area contributed by atoms with Gasteiger partial charge in [0.2, 0.25) is 0 Å². The molecule has 1 aliphatic rings. The Hall–Kier alpha value is 0.210. The molecule has 0 aliphatic heterocycles. The third kappa shape index (κ3) is 1.13. The van der Waals surface area contributed by atoms with E-state index in [2.05, 4.69) is 4.84 Å². The van der Waals surface area contributed by atoms with E-state index in [1.54, 1.807) is 0 Å². The van der Waals surface area contributed by atoms with Crippen molar-refractivity contribution in [3.8, 4) is 0 Å². The van der Waals surface area contributed by atoms with Crippen LogP contribution in [0.5, 0.6) is 0 Å². The maximum atomic E-state index is 9.04. The van der Waals surface area contributed by atoms with Crippen molar-refractivity contribution >= 4 is 11.8 Å². The van der Waals surface area contributed by atoms with Crippen LogP contribution >= 0.6 is 11.8 Å². The third-order valence-electron chi connectivity index (χ3n) is 1.62. The highest BCUT2D eigenvalue weighted by Gasteiger charge is 2.23. The predicted octanol–water partition coefficient (Wildman–Crippen LogP) is 0.643. The highest BCUT2D eigenvalue weighted by atomic mass is 35.5. The molecule has 1 saturated carbocycles. The average Bonchev–Trinajstić information content (AvgIpc) is 2.14. The summed E-state index contributed by atoms with van der Waals surface area (Å²) < 4.78 is 0. The first-order chi connectivity index (χ1) is 3.84. The summed E-state index contributed by atoms with van der Waals surface area (Å²) in [5.41, 5.74) is 0. The first kappa shape index (κ1) is 6.33. The molecule has 3 heteroatoms. The molecule has 0 heterocycles. The highest BCUT2D eigenvalue weighted by molar-refractivity contribution is 6.13. The normalized spacial score (nSPS) is 38.2. The quantitative estimate of drug-likeness (QED) is 0.518. The van der Waals surface area contributed by atoms with Crippen LogP contribution in [-0.2, 0) is 0 Å². The molecule has 0 amide bonds. The number of halogens is 1. The number of nitrogens with one attached hydrogen (secondary N) is 1. The number of aliphatic hydroxyl groups excluding tert-OH is 1. The summed E-state index contributed by atoms with van der Waals surface area (Å²) in [5, 5.41) is 9.04. The Morgan fingerprint density at radius 1 is 1.50 bits per heavy atom. The lowest BCUT2D eigenvalue weighted by Gasteiger charge is -2.09. The molecule has 0 aromatic rings. The Bertz CT molecular complexity index is 78.8. The summed E-state index contributed by atoms with van der Waals surface area (Å²) in [6, 6.07) is 0.136. The van der Waals surface area contributed by atoms with Crippen LogP contribution < -0.4 is 4.84 Å². The molecule has 0 bridgehead atoms. The van der Waals surface area contributed by atoms with Gasteiger partial charge in [-0.25, -0.2) is 4.84 Å². The van der Waals surface area contributed by atoms with Crippen molar-refractivity contribution in [1.82, 2.24) is 4.84 Å². The van der Waals surface area contributed by atoms with Gasteiger partial charge in [-0.05, 0) is 31.0 Å². The predicted molar refractivity (Wildman–Crippen MR) is 32.6 cm³/mol. The molecule has 0 spiro atoms. The fourth-order valence-electron chi connectivity index (χ4n) is 1.07. The number of aliphatic hydroxyl groups is 1. The summed E-state index contributed by atoms with van der Waals surface area (Å²) >= 11 is 5.29. The van der Waals surface area contributed by atoms with Crippen LogP contribution in [0, 0.1) is 0 Å². The van der Waals surface area contributed by atoms with Crippen LogP contribution in [0.4, 0.5) is 0 Å². The van der Waals surface area contributed by atoms with Gasteiger partial charge in [-0.15, -0.1) is 0 Å². The minimum atomic E-state index is -0.215. The molecular formula is C5H10ClNO. The van der Waals surface area contributed by atoms with Crippen LogP contribution in [0.2, 0.25) is 0 Å². The SMILES string of the molecule is O[C@@H]1CCC[C@@H]1NCl. The molecule has 0 saturated heterocycles. The summed E-state index contributed by atoms with van der Waals surface area (Å²) in [6.07, 6.45) is 2.77. The van der Waals surface area contributed by atoms with Crippen LogP contribution in [0.3, 0.4) is 0 Å². The second kappa shape index (κ2) is 2.67.